The van der Waals surface area contributed by atoms with Crippen LogP contribution in [0, 0.1) is 0 Å². The number of rotatable bonds is 17. The van der Waals surface area contributed by atoms with Crippen molar-refractivity contribution in [2.24, 2.45) is 0 Å². The number of hydrogen-bond donors (Lipinski definition) is 6. The molecule has 6 nitrogen and oxygen atoms in total. The summed E-state index contributed by atoms with van der Waals surface area (Å²) in [5, 5.41) is 46.6. The second-order valence-corrected chi connectivity index (χ2v) is 6.73. The molecule has 7 heteroatoms. The number of aliphatic hydroxyl groups is 5. The minimum absolute atomic E-state index is 0.110. The quantitative estimate of drug-likeness (QED) is 0.168. The highest BCUT2D eigenvalue weighted by Gasteiger charge is 2.29. The molecule has 5 N–H and O–H groups in total. The lowest BCUT2D eigenvalue weighted by atomic mass is 10.0. The largest absolute Gasteiger partial charge is 0.394 e. The SMILES string of the molecule is OC[C@@H](O)[C@@H](O)[C@H](O)[C@@H](O)COCCCCCCCCCCCS. The monoisotopic (exact) mass is 368 g/mol. The smallest absolute Gasteiger partial charge is 0.111 e. The molecule has 0 radical (unpaired) electrons. The van der Waals surface area contributed by atoms with E-state index in [2.05, 4.69) is 12.6 Å². The van der Waals surface area contributed by atoms with Gasteiger partial charge in [-0.3, -0.25) is 0 Å². The second kappa shape index (κ2) is 16.6. The third-order valence-electron chi connectivity index (χ3n) is 4.06. The minimum atomic E-state index is -1.60. The van der Waals surface area contributed by atoms with Crippen LogP contribution >= 0.6 is 12.6 Å². The van der Waals surface area contributed by atoms with Crippen LogP contribution in [0.15, 0.2) is 0 Å². The molecular formula is C17H36O6S. The Morgan fingerprint density at radius 1 is 0.667 bits per heavy atom. The minimum Gasteiger partial charge on any atom is -0.394 e. The third-order valence-corrected chi connectivity index (χ3v) is 4.38. The maximum atomic E-state index is 9.66. The van der Waals surface area contributed by atoms with Crippen molar-refractivity contribution in [3.63, 3.8) is 0 Å². The van der Waals surface area contributed by atoms with Crippen molar-refractivity contribution in [2.45, 2.75) is 82.2 Å². The first-order chi connectivity index (χ1) is 11.5. The topological polar surface area (TPSA) is 110 Å². The summed E-state index contributed by atoms with van der Waals surface area (Å²) in [6, 6.07) is 0. The van der Waals surface area contributed by atoms with Gasteiger partial charge in [-0.1, -0.05) is 44.9 Å². The Morgan fingerprint density at radius 3 is 1.62 bits per heavy atom. The van der Waals surface area contributed by atoms with Crippen LogP contribution in [0.25, 0.3) is 0 Å². The van der Waals surface area contributed by atoms with Crippen LogP contribution in [0.2, 0.25) is 0 Å². The van der Waals surface area contributed by atoms with Gasteiger partial charge in [-0.05, 0) is 18.6 Å². The van der Waals surface area contributed by atoms with Crippen LogP contribution in [0.1, 0.15) is 57.8 Å². The first-order valence-corrected chi connectivity index (χ1v) is 9.69. The van der Waals surface area contributed by atoms with E-state index in [0.29, 0.717) is 6.61 Å². The Kier molecular flexibility index (Phi) is 16.6. The van der Waals surface area contributed by atoms with Crippen LogP contribution in [0.4, 0.5) is 0 Å². The molecule has 0 aromatic carbocycles. The molecule has 0 amide bonds. The maximum Gasteiger partial charge on any atom is 0.111 e. The molecule has 24 heavy (non-hydrogen) atoms. The van der Waals surface area contributed by atoms with Gasteiger partial charge in [0.2, 0.25) is 0 Å². The molecule has 0 aliphatic carbocycles. The summed E-state index contributed by atoms with van der Waals surface area (Å²) in [6.07, 6.45) is 4.77. The summed E-state index contributed by atoms with van der Waals surface area (Å²) in [6.45, 7) is -0.299. The zero-order valence-electron chi connectivity index (χ0n) is 14.6. The molecule has 0 saturated heterocycles. The summed E-state index contributed by atoms with van der Waals surface area (Å²) in [7, 11) is 0. The van der Waals surface area contributed by atoms with E-state index in [-0.39, 0.29) is 6.61 Å². The summed E-state index contributed by atoms with van der Waals surface area (Å²) in [4.78, 5) is 0. The maximum absolute atomic E-state index is 9.66. The fourth-order valence-electron chi connectivity index (χ4n) is 2.42. The molecule has 0 aromatic rings. The molecule has 4 atom stereocenters. The molecule has 0 bridgehead atoms. The fraction of sp³-hybridized carbons (Fsp3) is 1.00. The van der Waals surface area contributed by atoms with Crippen LogP contribution in [0.5, 0.6) is 0 Å². The van der Waals surface area contributed by atoms with E-state index in [1.54, 1.807) is 0 Å². The second-order valence-electron chi connectivity index (χ2n) is 6.28. The average molecular weight is 369 g/mol. The molecule has 0 fully saturated rings. The first-order valence-electron chi connectivity index (χ1n) is 9.06. The van der Waals surface area contributed by atoms with Gasteiger partial charge in [0, 0.05) is 6.61 Å². The first kappa shape index (κ1) is 24.1. The predicted molar refractivity (Wildman–Crippen MR) is 97.3 cm³/mol. The molecule has 146 valence electrons. The van der Waals surface area contributed by atoms with E-state index in [1.807, 2.05) is 0 Å². The zero-order chi connectivity index (χ0) is 18.2. The van der Waals surface area contributed by atoms with E-state index < -0.39 is 31.0 Å². The van der Waals surface area contributed by atoms with Crippen molar-refractivity contribution in [3.05, 3.63) is 0 Å². The summed E-state index contributed by atoms with van der Waals surface area (Å²) >= 11 is 4.19. The van der Waals surface area contributed by atoms with Gasteiger partial charge in [0.05, 0.1) is 13.2 Å². The van der Waals surface area contributed by atoms with E-state index in [4.69, 9.17) is 9.84 Å². The number of unbranched alkanes of at least 4 members (excludes halogenated alkanes) is 8. The van der Waals surface area contributed by atoms with E-state index >= 15 is 0 Å². The van der Waals surface area contributed by atoms with Crippen LogP contribution in [-0.2, 0) is 4.74 Å². The Balaban J connectivity index is 3.43. The van der Waals surface area contributed by atoms with Crippen molar-refractivity contribution < 1.29 is 30.3 Å². The van der Waals surface area contributed by atoms with E-state index in [0.717, 1.165) is 18.6 Å². The number of ether oxygens (including phenoxy) is 1. The fourth-order valence-corrected chi connectivity index (χ4v) is 2.64. The van der Waals surface area contributed by atoms with Crippen molar-refractivity contribution in [2.75, 3.05) is 25.6 Å². The molecule has 0 heterocycles. The van der Waals surface area contributed by atoms with Gasteiger partial charge in [0.15, 0.2) is 0 Å². The van der Waals surface area contributed by atoms with Crippen LogP contribution < -0.4 is 0 Å². The lowest BCUT2D eigenvalue weighted by molar-refractivity contribution is -0.129. The lowest BCUT2D eigenvalue weighted by Crippen LogP contribution is -2.47. The Bertz CT molecular complexity index is 269. The lowest BCUT2D eigenvalue weighted by Gasteiger charge is -2.25. The number of thiol groups is 1. The Labute approximate surface area is 151 Å². The Hall–Kier alpha value is 0.110. The predicted octanol–water partition coefficient (Wildman–Crippen LogP) is 0.880. The molecule has 0 saturated carbocycles. The van der Waals surface area contributed by atoms with Gasteiger partial charge in [-0.25, -0.2) is 0 Å². The van der Waals surface area contributed by atoms with Crippen LogP contribution in [-0.4, -0.2) is 75.5 Å². The van der Waals surface area contributed by atoms with Gasteiger partial charge in [0.25, 0.3) is 0 Å². The highest BCUT2D eigenvalue weighted by atomic mass is 32.1. The van der Waals surface area contributed by atoms with Crippen molar-refractivity contribution >= 4 is 12.6 Å². The molecule has 0 spiro atoms. The van der Waals surface area contributed by atoms with Crippen LogP contribution in [0.3, 0.4) is 0 Å². The summed E-state index contributed by atoms with van der Waals surface area (Å²) < 4.78 is 5.28. The van der Waals surface area contributed by atoms with Gasteiger partial charge in [-0.2, -0.15) is 12.6 Å². The number of hydrogen-bond acceptors (Lipinski definition) is 7. The highest BCUT2D eigenvalue weighted by Crippen LogP contribution is 2.10. The summed E-state index contributed by atoms with van der Waals surface area (Å²) in [5.74, 6) is 0.979. The van der Waals surface area contributed by atoms with Gasteiger partial charge in [-0.15, -0.1) is 0 Å². The molecule has 0 aromatic heterocycles. The van der Waals surface area contributed by atoms with Crippen molar-refractivity contribution in [1.82, 2.24) is 0 Å². The molecule has 0 aliphatic rings. The van der Waals surface area contributed by atoms with Crippen molar-refractivity contribution in [3.8, 4) is 0 Å². The third kappa shape index (κ3) is 12.5. The van der Waals surface area contributed by atoms with Gasteiger partial charge < -0.3 is 30.3 Å². The molecular weight excluding hydrogens is 332 g/mol. The summed E-state index contributed by atoms with van der Waals surface area (Å²) in [5.41, 5.74) is 0. The molecule has 0 aliphatic heterocycles. The average Bonchev–Trinajstić information content (AvgIpc) is 2.60. The normalized spacial score (nSPS) is 16.8. The van der Waals surface area contributed by atoms with E-state index in [1.165, 1.54) is 44.9 Å². The molecule has 0 rings (SSSR count). The standard InChI is InChI=1S/C17H36O6S/c18-12-14(19)16(21)17(22)15(20)13-23-10-8-6-4-2-1-3-5-7-9-11-24/h14-22,24H,1-13H2/t14-,15+,16-,17-/m1/s1. The Morgan fingerprint density at radius 2 is 1.12 bits per heavy atom. The van der Waals surface area contributed by atoms with Crippen molar-refractivity contribution in [1.29, 1.82) is 0 Å². The van der Waals surface area contributed by atoms with Gasteiger partial charge in [0.1, 0.15) is 24.4 Å². The number of aliphatic hydroxyl groups excluding tert-OH is 5. The molecule has 0 unspecified atom stereocenters. The zero-order valence-corrected chi connectivity index (χ0v) is 15.5. The van der Waals surface area contributed by atoms with E-state index in [9.17, 15) is 20.4 Å². The van der Waals surface area contributed by atoms with Gasteiger partial charge >= 0.3 is 0 Å². The highest BCUT2D eigenvalue weighted by molar-refractivity contribution is 7.80.